The molecule has 2 amide bonds. The van der Waals surface area contributed by atoms with Crippen molar-refractivity contribution in [2.75, 3.05) is 78.4 Å². The molecular weight excluding hydrogens is 528 g/mol. The van der Waals surface area contributed by atoms with Crippen LogP contribution in [0.2, 0.25) is 12.1 Å². The first kappa shape index (κ1) is 35.7. The van der Waals surface area contributed by atoms with Gasteiger partial charge in [-0.25, -0.2) is 9.59 Å². The second-order valence-electron chi connectivity index (χ2n) is 7.86. The Kier molecular flexibility index (Phi) is 21.8. The van der Waals surface area contributed by atoms with Crippen LogP contribution in [0.15, 0.2) is 0 Å². The molecule has 0 spiro atoms. The minimum atomic E-state index is -2.86. The summed E-state index contributed by atoms with van der Waals surface area (Å²) in [6, 6.07) is 1.08. The van der Waals surface area contributed by atoms with Gasteiger partial charge in [0.1, 0.15) is 13.2 Å². The van der Waals surface area contributed by atoms with Gasteiger partial charge < -0.3 is 58.2 Å². The normalized spacial score (nSPS) is 14.4. The predicted molar refractivity (Wildman–Crippen MR) is 137 cm³/mol. The molecule has 0 bridgehead atoms. The van der Waals surface area contributed by atoms with Gasteiger partial charge in [-0.3, -0.25) is 0 Å². The fourth-order valence-corrected chi connectivity index (χ4v) is 7.74. The Morgan fingerprint density at radius 3 is 1.22 bits per heavy atom. The molecule has 0 rings (SSSR count). The van der Waals surface area contributed by atoms with Gasteiger partial charge in [0, 0.05) is 39.6 Å². The minimum absolute atomic E-state index is 0.0322. The van der Waals surface area contributed by atoms with E-state index in [2.05, 4.69) is 10.6 Å². The summed E-state index contributed by atoms with van der Waals surface area (Å²) in [6.07, 6.45) is 0.261. The van der Waals surface area contributed by atoms with Crippen LogP contribution >= 0.6 is 0 Å². The number of carbonyl (C=O) groups is 2. The molecule has 2 unspecified atom stereocenters. The zero-order valence-corrected chi connectivity index (χ0v) is 24.1. The summed E-state index contributed by atoms with van der Waals surface area (Å²) >= 11 is 0. The van der Waals surface area contributed by atoms with Crippen LogP contribution in [0, 0.1) is 0 Å². The van der Waals surface area contributed by atoms with E-state index in [1.165, 1.54) is 0 Å². The van der Waals surface area contributed by atoms with Crippen molar-refractivity contribution in [3.05, 3.63) is 0 Å². The predicted octanol–water partition coefficient (Wildman–Crippen LogP) is -0.353. The highest BCUT2D eigenvalue weighted by Crippen LogP contribution is 2.16. The maximum absolute atomic E-state index is 11.8. The van der Waals surface area contributed by atoms with Crippen molar-refractivity contribution in [2.45, 2.75) is 45.2 Å². The van der Waals surface area contributed by atoms with Gasteiger partial charge in [0.05, 0.1) is 25.5 Å². The molecule has 2 atom stereocenters. The van der Waals surface area contributed by atoms with Crippen LogP contribution in [0.3, 0.4) is 0 Å². The number of alkyl carbamates (subject to hydrolysis) is 2. The molecule has 0 saturated heterocycles. The van der Waals surface area contributed by atoms with E-state index in [9.17, 15) is 9.59 Å². The smallest absolute Gasteiger partial charge is 0.407 e. The highest BCUT2D eigenvalue weighted by atomic mass is 28.4. The first-order valence-electron chi connectivity index (χ1n) is 12.7. The summed E-state index contributed by atoms with van der Waals surface area (Å²) in [6.45, 7) is 4.06. The molecule has 0 radical (unpaired) electrons. The minimum Gasteiger partial charge on any atom is -0.447 e. The van der Waals surface area contributed by atoms with Crippen LogP contribution < -0.4 is 10.6 Å². The van der Waals surface area contributed by atoms with E-state index >= 15 is 0 Å². The van der Waals surface area contributed by atoms with E-state index in [1.807, 2.05) is 13.8 Å². The van der Waals surface area contributed by atoms with E-state index in [1.54, 1.807) is 0 Å². The third-order valence-corrected chi connectivity index (χ3v) is 11.6. The zero-order chi connectivity index (χ0) is 27.8. The van der Waals surface area contributed by atoms with Gasteiger partial charge in [-0.15, -0.1) is 0 Å². The summed E-state index contributed by atoms with van der Waals surface area (Å²) in [5.74, 6) is 0. The van der Waals surface area contributed by atoms with E-state index in [0.29, 0.717) is 31.4 Å². The SMILES string of the molecule is CC[Si](CNC(=O)OCCO)(OCCCO)OCCCO[Si](CC)(CNC(=O)OCCO)OCCCO. The van der Waals surface area contributed by atoms with E-state index in [0.717, 1.165) is 0 Å². The van der Waals surface area contributed by atoms with Crippen LogP contribution in [0.1, 0.15) is 33.1 Å². The molecule has 16 heteroatoms. The Morgan fingerprint density at radius 2 is 0.919 bits per heavy atom. The summed E-state index contributed by atoms with van der Waals surface area (Å²) in [7, 11) is -5.73. The average Bonchev–Trinajstić information content (AvgIpc) is 2.91. The molecule has 0 aliphatic rings. The lowest BCUT2D eigenvalue weighted by Crippen LogP contribution is -2.53. The maximum atomic E-state index is 11.8. The summed E-state index contributed by atoms with van der Waals surface area (Å²) in [5.41, 5.74) is 0. The second-order valence-corrected chi connectivity index (χ2v) is 14.8. The maximum Gasteiger partial charge on any atom is 0.407 e. The van der Waals surface area contributed by atoms with Gasteiger partial charge in [-0.2, -0.15) is 0 Å². The monoisotopic (exact) mass is 574 g/mol. The Morgan fingerprint density at radius 1 is 0.568 bits per heavy atom. The average molecular weight is 575 g/mol. The van der Waals surface area contributed by atoms with E-state index in [4.69, 9.17) is 47.6 Å². The van der Waals surface area contributed by atoms with Crippen molar-refractivity contribution in [1.29, 1.82) is 0 Å². The number of ether oxygens (including phenoxy) is 2. The Labute approximate surface area is 221 Å². The first-order chi connectivity index (χ1) is 17.9. The fourth-order valence-electron chi connectivity index (χ4n) is 2.96. The number of hydrogen-bond acceptors (Lipinski definition) is 12. The third kappa shape index (κ3) is 17.0. The fraction of sp³-hybridized carbons (Fsp3) is 0.905. The highest BCUT2D eigenvalue weighted by Gasteiger charge is 2.38. The summed E-state index contributed by atoms with van der Waals surface area (Å²) in [5, 5.41) is 41.0. The van der Waals surface area contributed by atoms with Crippen molar-refractivity contribution in [1.82, 2.24) is 10.6 Å². The molecule has 0 heterocycles. The molecule has 220 valence electrons. The molecule has 0 aromatic heterocycles. The van der Waals surface area contributed by atoms with E-state index in [-0.39, 0.29) is 78.4 Å². The van der Waals surface area contributed by atoms with Crippen molar-refractivity contribution in [3.8, 4) is 0 Å². The van der Waals surface area contributed by atoms with Gasteiger partial charge in [0.25, 0.3) is 0 Å². The molecule has 6 N–H and O–H groups in total. The number of aliphatic hydroxyl groups excluding tert-OH is 4. The van der Waals surface area contributed by atoms with Gasteiger partial charge in [-0.05, 0) is 31.4 Å². The largest absolute Gasteiger partial charge is 0.447 e. The van der Waals surface area contributed by atoms with Gasteiger partial charge in [-0.1, -0.05) is 13.8 Å². The number of hydrogen-bond donors (Lipinski definition) is 6. The number of nitrogens with one attached hydrogen (secondary N) is 2. The summed E-state index contributed by atoms with van der Waals surface area (Å²) < 4.78 is 33.9. The molecule has 14 nitrogen and oxygen atoms in total. The van der Waals surface area contributed by atoms with Crippen LogP contribution in [0.4, 0.5) is 9.59 Å². The summed E-state index contributed by atoms with van der Waals surface area (Å²) in [4.78, 5) is 23.6. The molecule has 0 aromatic rings. The number of carbonyl (C=O) groups excluding carboxylic acids is 2. The lowest BCUT2D eigenvalue weighted by atomic mass is 10.5. The molecule has 0 aromatic carbocycles. The zero-order valence-electron chi connectivity index (χ0n) is 22.1. The number of aliphatic hydroxyl groups is 4. The Balaban J connectivity index is 4.96. The van der Waals surface area contributed by atoms with Gasteiger partial charge >= 0.3 is 29.3 Å². The second kappa shape index (κ2) is 22.6. The third-order valence-electron chi connectivity index (χ3n) is 5.08. The topological polar surface area (TPSA) is 194 Å². The Hall–Kier alpha value is -1.35. The number of amides is 2. The van der Waals surface area contributed by atoms with Crippen molar-refractivity contribution in [2.24, 2.45) is 0 Å². The Bertz CT molecular complexity index is 548. The van der Waals surface area contributed by atoms with Crippen molar-refractivity contribution in [3.63, 3.8) is 0 Å². The van der Waals surface area contributed by atoms with Crippen LogP contribution in [0.25, 0.3) is 0 Å². The van der Waals surface area contributed by atoms with Crippen molar-refractivity contribution < 1.29 is 57.2 Å². The van der Waals surface area contributed by atoms with Crippen LogP contribution in [-0.2, 0) is 27.2 Å². The lowest BCUT2D eigenvalue weighted by molar-refractivity contribution is 0.110. The van der Waals surface area contributed by atoms with E-state index < -0.39 is 29.3 Å². The lowest BCUT2D eigenvalue weighted by Gasteiger charge is -2.31. The first-order valence-corrected chi connectivity index (χ1v) is 17.1. The number of rotatable bonds is 24. The van der Waals surface area contributed by atoms with Gasteiger partial charge in [0.15, 0.2) is 0 Å². The van der Waals surface area contributed by atoms with Crippen molar-refractivity contribution >= 4 is 29.3 Å². The molecule has 37 heavy (non-hydrogen) atoms. The molecule has 0 aliphatic carbocycles. The quantitative estimate of drug-likeness (QED) is 0.0649. The standard InChI is InChI=1S/C21H46N2O12Si2/c1-3-36(32-12-5-8-24,18-22-20(28)30-16-10-26)34-14-7-15-35-37(4-2,33-13-6-9-25)19-23-21(29)31-17-11-27/h24-27H,3-19H2,1-2H3,(H,22,28)(H,23,29). The van der Waals surface area contributed by atoms with Crippen LogP contribution in [-0.4, -0.2) is 128 Å². The molecule has 0 fully saturated rings. The molecule has 0 aliphatic heterocycles. The molecular formula is C21H46N2O12Si2. The molecule has 0 saturated carbocycles. The van der Waals surface area contributed by atoms with Gasteiger partial charge in [0.2, 0.25) is 0 Å². The highest BCUT2D eigenvalue weighted by molar-refractivity contribution is 6.68. The van der Waals surface area contributed by atoms with Crippen LogP contribution in [0.5, 0.6) is 0 Å².